The number of amides is 8. The number of carbonyl (C=O) groups excluding carboxylic acids is 10. The number of allylic oxidation sites excluding steroid dienone is 20. The molecule has 19 nitrogen and oxygen atoms in total. The van der Waals surface area contributed by atoms with E-state index in [1.165, 1.54) is 9.80 Å². The van der Waals surface area contributed by atoms with Gasteiger partial charge >= 0.3 is 11.9 Å². The predicted octanol–water partition coefficient (Wildman–Crippen LogP) is 12.6. The Morgan fingerprint density at radius 3 is 1.05 bits per heavy atom. The first kappa shape index (κ1) is 87.1. The van der Waals surface area contributed by atoms with Crippen molar-refractivity contribution in [2.45, 2.75) is 213 Å². The maximum atomic E-state index is 12.3. The summed E-state index contributed by atoms with van der Waals surface area (Å²) in [5.74, 6) is -4.16. The molecule has 0 aromatic heterocycles. The summed E-state index contributed by atoms with van der Waals surface area (Å²) in [5, 5.41) is 12.4. The van der Waals surface area contributed by atoms with E-state index in [1.807, 2.05) is 13.0 Å². The molecule has 0 bridgehead atoms. The van der Waals surface area contributed by atoms with Gasteiger partial charge in [-0.15, -0.1) is 23.2 Å². The van der Waals surface area contributed by atoms with Gasteiger partial charge < -0.3 is 30.3 Å². The molecule has 514 valence electrons. The molecule has 0 unspecified atom stereocenters. The van der Waals surface area contributed by atoms with Crippen molar-refractivity contribution in [1.82, 2.24) is 25.3 Å². The average molecular weight is 1340 g/mol. The van der Waals surface area contributed by atoms with Gasteiger partial charge in [0.15, 0.2) is 6.61 Å². The highest BCUT2D eigenvalue weighted by Gasteiger charge is 2.34. The number of carboxylic acid groups (broad SMARTS) is 1. The summed E-state index contributed by atoms with van der Waals surface area (Å²) < 4.78 is 4.96. The van der Waals surface area contributed by atoms with Crippen LogP contribution in [-0.2, 0) is 57.5 Å². The van der Waals surface area contributed by atoms with Gasteiger partial charge in [-0.1, -0.05) is 156 Å². The molecule has 3 aliphatic rings. The van der Waals surface area contributed by atoms with E-state index >= 15 is 0 Å². The number of hydrogen-bond acceptors (Lipinski definition) is 12. The molecular weight excluding hydrogens is 1240 g/mol. The first-order valence-electron chi connectivity index (χ1n) is 32.3. The first-order chi connectivity index (χ1) is 44.3. The second kappa shape index (κ2) is 60.3. The van der Waals surface area contributed by atoms with E-state index in [2.05, 4.69) is 140 Å². The fraction of sp³-hybridized carbons (Fsp3) is 0.557. The van der Waals surface area contributed by atoms with Gasteiger partial charge in [0.05, 0.1) is 5.88 Å². The van der Waals surface area contributed by atoms with Crippen LogP contribution in [0, 0.1) is 0 Å². The Bertz CT molecular complexity index is 2500. The van der Waals surface area contributed by atoms with E-state index in [-0.39, 0.29) is 48.4 Å². The Balaban J connectivity index is 0. The summed E-state index contributed by atoms with van der Waals surface area (Å²) in [6.45, 7) is 11.0. The summed E-state index contributed by atoms with van der Waals surface area (Å²) in [7, 11) is 0. The van der Waals surface area contributed by atoms with Crippen LogP contribution in [0.1, 0.15) is 195 Å². The zero-order chi connectivity index (χ0) is 69.0. The maximum absolute atomic E-state index is 12.3. The van der Waals surface area contributed by atoms with Crippen LogP contribution in [0.25, 0.3) is 0 Å². The lowest BCUT2D eigenvalue weighted by atomic mass is 10.2. The number of likely N-dealkylation sites (tertiary alicyclic amines) is 3. The number of primary amides is 1. The third-order valence-electron chi connectivity index (χ3n) is 13.5. The highest BCUT2D eigenvalue weighted by atomic mass is 35.5. The molecule has 0 spiro atoms. The van der Waals surface area contributed by atoms with Crippen LogP contribution in [0.4, 0.5) is 0 Å². The molecule has 3 heterocycles. The van der Waals surface area contributed by atoms with Crippen molar-refractivity contribution < 1.29 is 62.6 Å². The SMILES string of the molecule is CC/C=C\C/C=C\C/C=C\C/C=C\C/C=C\CCCC(=O)O.CC/C=C\C/C=C\C/C=C\C/C=C\C/C=C\CCCC(=O)OCC(=O)NC(=O)[C@H](CC)N1CCCC1=O.CC[C@@H](C(=O)NC(=O)CCl)N1CCCC1=O.CC[C@@H](C(N)=O)N1CCCC1=O.O=C(Cl)CCl. The third kappa shape index (κ3) is 47.9. The van der Waals surface area contributed by atoms with Crippen molar-refractivity contribution in [3.8, 4) is 0 Å². The number of imide groups is 2. The van der Waals surface area contributed by atoms with Crippen LogP contribution in [-0.4, -0.2) is 140 Å². The molecule has 3 saturated heterocycles. The fourth-order valence-corrected chi connectivity index (χ4v) is 8.93. The molecule has 0 radical (unpaired) electrons. The smallest absolute Gasteiger partial charge is 0.306 e. The number of esters is 1. The summed E-state index contributed by atoms with van der Waals surface area (Å²) >= 11 is 14.8. The van der Waals surface area contributed by atoms with Gasteiger partial charge in [0.1, 0.15) is 24.0 Å². The van der Waals surface area contributed by atoms with E-state index < -0.39 is 65.4 Å². The Morgan fingerprint density at radius 2 is 0.783 bits per heavy atom. The molecule has 22 heteroatoms. The lowest BCUT2D eigenvalue weighted by Gasteiger charge is -2.25. The Kier molecular flexibility index (Phi) is 57.1. The van der Waals surface area contributed by atoms with Crippen LogP contribution >= 0.6 is 34.8 Å². The Labute approximate surface area is 562 Å². The predicted molar refractivity (Wildman–Crippen MR) is 368 cm³/mol. The van der Waals surface area contributed by atoms with Gasteiger partial charge in [0.2, 0.25) is 46.6 Å². The molecule has 8 amide bonds. The number of carboxylic acids is 1. The minimum Gasteiger partial charge on any atom is -0.481 e. The quantitative estimate of drug-likeness (QED) is 0.0147. The lowest BCUT2D eigenvalue weighted by molar-refractivity contribution is -0.150. The highest BCUT2D eigenvalue weighted by Crippen LogP contribution is 2.18. The molecule has 3 aliphatic heterocycles. The molecule has 0 aromatic rings. The molecule has 5 N–H and O–H groups in total. The third-order valence-corrected chi connectivity index (χ3v) is 14.3. The van der Waals surface area contributed by atoms with E-state index in [0.717, 1.165) is 96.3 Å². The van der Waals surface area contributed by atoms with Gasteiger partial charge in [-0.25, -0.2) is 0 Å². The monoisotopic (exact) mass is 1340 g/mol. The average Bonchev–Trinajstić information content (AvgIpc) is 1.79. The van der Waals surface area contributed by atoms with E-state index in [1.54, 1.807) is 18.7 Å². The minimum atomic E-state index is -0.715. The number of halogens is 3. The Hall–Kier alpha value is -6.96. The second-order valence-corrected chi connectivity index (χ2v) is 21.9. The van der Waals surface area contributed by atoms with E-state index in [0.29, 0.717) is 71.0 Å². The van der Waals surface area contributed by atoms with Gasteiger partial charge in [-0.3, -0.25) is 63.4 Å². The number of nitrogens with two attached hydrogens (primary N) is 1. The van der Waals surface area contributed by atoms with Crippen molar-refractivity contribution >= 4 is 99.2 Å². The highest BCUT2D eigenvalue weighted by molar-refractivity contribution is 6.67. The Morgan fingerprint density at radius 1 is 0.478 bits per heavy atom. The summed E-state index contributed by atoms with van der Waals surface area (Å²) in [4.78, 5) is 129. The molecule has 0 aromatic carbocycles. The van der Waals surface area contributed by atoms with Gasteiger partial charge in [0.25, 0.3) is 5.91 Å². The van der Waals surface area contributed by atoms with Crippen molar-refractivity contribution in [2.24, 2.45) is 5.73 Å². The van der Waals surface area contributed by atoms with E-state index in [9.17, 15) is 52.7 Å². The molecule has 92 heavy (non-hydrogen) atoms. The number of nitrogens with one attached hydrogen (secondary N) is 2. The molecule has 3 fully saturated rings. The van der Waals surface area contributed by atoms with Crippen molar-refractivity contribution in [1.29, 1.82) is 0 Å². The maximum Gasteiger partial charge on any atom is 0.306 e. The number of aliphatic carboxylic acids is 1. The molecular formula is C70H105Cl3N6O13. The van der Waals surface area contributed by atoms with E-state index in [4.69, 9.17) is 50.4 Å². The number of nitrogens with zero attached hydrogens (tertiary/aromatic N) is 3. The van der Waals surface area contributed by atoms with Crippen LogP contribution in [0.2, 0.25) is 0 Å². The largest absolute Gasteiger partial charge is 0.481 e. The molecule has 0 aliphatic carbocycles. The van der Waals surface area contributed by atoms with Crippen LogP contribution in [0.15, 0.2) is 122 Å². The number of rotatable bonds is 39. The van der Waals surface area contributed by atoms with Crippen LogP contribution in [0.5, 0.6) is 0 Å². The zero-order valence-corrected chi connectivity index (χ0v) is 57.4. The first-order valence-corrected chi connectivity index (χ1v) is 33.8. The number of alkyl halides is 2. The summed E-state index contributed by atoms with van der Waals surface area (Å²) in [6, 6.07) is -1.61. The standard InChI is InChI=1S/C30H44N2O5.C20H30O2.C10H15ClN2O3.C8H14N2O2.C2H2Cl2O/c1-3-5-6-7-8-9-10-11-12-13-14-15-16-17-18-19-20-23-29(35)37-25-27(33)31-30(36)26(4-2)32-24-21-22-28(32)34;1-2-3-4-5-6-7-8-9-10-11-12-13-14-15-16-17-18-19-20(21)22;1-2-7(10(16)12-8(14)6-11)13-5-3-4-9(13)15;1-2-6(8(9)12)10-5-3-4-7(10)11;3-1-2(4)5/h5-6,8-9,11-12,14-15,17-18,26H,3-4,7,10,13,16,19-25H2,1-2H3,(H,31,33,36);3-4,6-7,9-10,12-13,15-16H,2,5,8,11,14,17-19H2,1H3,(H,21,22);7H,2-6H2,1H3,(H,12,14,16);6H,2-5H2,1H3,(H2,9,12);1H2/b6-5-,9-8-,12-11-,15-14-,18-17-;4-3-,7-6-,10-9-,13-12-,16-15-;;;/t26-;;7-;6-;/m0.00./s1. The molecule has 0 saturated carbocycles. The molecule has 3 atom stereocenters. The second-order valence-electron chi connectivity index (χ2n) is 20.9. The van der Waals surface area contributed by atoms with Crippen molar-refractivity contribution in [3.05, 3.63) is 122 Å². The van der Waals surface area contributed by atoms with Crippen LogP contribution in [0.3, 0.4) is 0 Å². The van der Waals surface area contributed by atoms with Crippen LogP contribution < -0.4 is 16.4 Å². The zero-order valence-electron chi connectivity index (χ0n) is 55.1. The van der Waals surface area contributed by atoms with Gasteiger partial charge in [-0.05, 0) is 140 Å². The van der Waals surface area contributed by atoms with Gasteiger partial charge in [-0.2, -0.15) is 0 Å². The summed E-state index contributed by atoms with van der Waals surface area (Å²) in [6.07, 6.45) is 61.5. The number of ether oxygens (including phenoxy) is 1. The normalized spacial score (nSPS) is 15.2. The number of carbonyl (C=O) groups is 11. The number of hydrogen-bond donors (Lipinski definition) is 4. The molecule has 3 rings (SSSR count). The lowest BCUT2D eigenvalue weighted by Crippen LogP contribution is -2.49. The van der Waals surface area contributed by atoms with Crippen molar-refractivity contribution in [2.75, 3.05) is 38.0 Å². The topological polar surface area (TPSA) is 277 Å². The number of unbranched alkanes of at least 4 members (excludes halogenated alkanes) is 2. The summed E-state index contributed by atoms with van der Waals surface area (Å²) in [5.41, 5.74) is 5.16. The minimum absolute atomic E-state index is 0.0275. The van der Waals surface area contributed by atoms with Crippen molar-refractivity contribution in [3.63, 3.8) is 0 Å². The fourth-order valence-electron chi connectivity index (χ4n) is 8.87. The van der Waals surface area contributed by atoms with Gasteiger partial charge in [0, 0.05) is 51.7 Å².